The van der Waals surface area contributed by atoms with Gasteiger partial charge in [-0.05, 0) is 46.5 Å². The average Bonchev–Trinajstić information content (AvgIpc) is 2.60. The lowest BCUT2D eigenvalue weighted by molar-refractivity contribution is 1.54. The summed E-state index contributed by atoms with van der Waals surface area (Å²) in [4.78, 5) is 0. The lowest BCUT2D eigenvalue weighted by Crippen LogP contribution is -2.28. The van der Waals surface area contributed by atoms with Crippen LogP contribution < -0.4 is 10.9 Å². The first-order valence-electron chi connectivity index (χ1n) is 8.18. The van der Waals surface area contributed by atoms with E-state index in [2.05, 4.69) is 86.6 Å². The zero-order valence-electron chi connectivity index (χ0n) is 13.6. The van der Waals surface area contributed by atoms with Crippen LogP contribution in [0.15, 0.2) is 72.8 Å². The number of fused-ring (bicyclic) bond motifs is 2. The molecule has 0 spiro atoms. The van der Waals surface area contributed by atoms with Gasteiger partial charge in [0.05, 0.1) is 0 Å². The van der Waals surface area contributed by atoms with Gasteiger partial charge in [-0.25, -0.2) is 0 Å². The maximum Gasteiger partial charge on any atom is 0.193 e. The highest BCUT2D eigenvalue weighted by atomic mass is 14.0. The zero-order chi connectivity index (χ0) is 15.8. The van der Waals surface area contributed by atoms with E-state index in [0.29, 0.717) is 0 Å². The van der Waals surface area contributed by atoms with Crippen molar-refractivity contribution in [1.29, 1.82) is 0 Å². The van der Waals surface area contributed by atoms with E-state index in [4.69, 9.17) is 0 Å². The van der Waals surface area contributed by atoms with Gasteiger partial charge in [0, 0.05) is 0 Å². The molecule has 0 nitrogen and oxygen atoms in total. The summed E-state index contributed by atoms with van der Waals surface area (Å²) in [5.41, 5.74) is 5.50. The first kappa shape index (κ1) is 14.1. The minimum absolute atomic E-state index is 0.974. The van der Waals surface area contributed by atoms with Crippen molar-refractivity contribution in [2.24, 2.45) is 0 Å². The van der Waals surface area contributed by atoms with Gasteiger partial charge in [0.1, 0.15) is 0 Å². The van der Waals surface area contributed by atoms with Crippen molar-refractivity contribution in [3.63, 3.8) is 0 Å². The fourth-order valence-corrected chi connectivity index (χ4v) is 3.54. The van der Waals surface area contributed by atoms with E-state index in [0.717, 1.165) is 7.28 Å². The summed E-state index contributed by atoms with van der Waals surface area (Å²) in [6.07, 6.45) is 0. The lowest BCUT2D eigenvalue weighted by Gasteiger charge is -2.11. The van der Waals surface area contributed by atoms with Crippen molar-refractivity contribution >= 4 is 39.8 Å². The summed E-state index contributed by atoms with van der Waals surface area (Å²) in [6, 6.07) is 26.5. The molecule has 0 fully saturated rings. The minimum atomic E-state index is 0.974. The van der Waals surface area contributed by atoms with Gasteiger partial charge in [0.15, 0.2) is 7.28 Å². The molecule has 0 aromatic heterocycles. The second-order valence-electron chi connectivity index (χ2n) is 6.35. The van der Waals surface area contributed by atoms with Crippen molar-refractivity contribution in [2.75, 3.05) is 0 Å². The van der Waals surface area contributed by atoms with E-state index in [-0.39, 0.29) is 0 Å². The van der Waals surface area contributed by atoms with Crippen LogP contribution in [0, 0.1) is 13.8 Å². The molecule has 4 aromatic carbocycles. The number of benzene rings is 4. The third-order valence-corrected chi connectivity index (χ3v) is 4.85. The molecule has 4 rings (SSSR count). The number of rotatable bonds is 2. The van der Waals surface area contributed by atoms with Gasteiger partial charge < -0.3 is 0 Å². The molecule has 0 N–H and O–H groups in total. The number of hydrogen-bond acceptors (Lipinski definition) is 0. The van der Waals surface area contributed by atoms with Crippen molar-refractivity contribution in [2.45, 2.75) is 13.8 Å². The summed E-state index contributed by atoms with van der Waals surface area (Å²) in [6.45, 7) is 4.38. The van der Waals surface area contributed by atoms with Crippen molar-refractivity contribution < 1.29 is 0 Å². The standard InChI is InChI=1S/C22H19B/c1-15-11-13-21(19-9-5-3-7-17(15)19)23-22-14-12-16(2)18-8-4-6-10-20(18)22/h3-14,23H,1-2H3. The van der Waals surface area contributed by atoms with E-state index in [1.54, 1.807) is 0 Å². The summed E-state index contributed by atoms with van der Waals surface area (Å²) in [5.74, 6) is 0. The highest BCUT2D eigenvalue weighted by Crippen LogP contribution is 2.18. The Hall–Kier alpha value is -2.54. The molecule has 0 aliphatic carbocycles. The Bertz CT molecular complexity index is 931. The van der Waals surface area contributed by atoms with Crippen molar-refractivity contribution in [3.05, 3.63) is 83.9 Å². The van der Waals surface area contributed by atoms with Gasteiger partial charge in [-0.1, -0.05) is 83.7 Å². The molecule has 23 heavy (non-hydrogen) atoms. The second-order valence-corrected chi connectivity index (χ2v) is 6.35. The van der Waals surface area contributed by atoms with Gasteiger partial charge in [-0.2, -0.15) is 0 Å². The minimum Gasteiger partial charge on any atom is -0.0708 e. The Kier molecular flexibility index (Phi) is 3.42. The van der Waals surface area contributed by atoms with Crippen LogP contribution in [-0.2, 0) is 0 Å². The molecule has 0 radical (unpaired) electrons. The molecular weight excluding hydrogens is 275 g/mol. The largest absolute Gasteiger partial charge is 0.193 e. The van der Waals surface area contributed by atoms with Crippen LogP contribution >= 0.6 is 0 Å². The molecule has 0 atom stereocenters. The maximum absolute atomic E-state index is 2.28. The van der Waals surface area contributed by atoms with Gasteiger partial charge in [-0.15, -0.1) is 0 Å². The summed E-state index contributed by atoms with van der Waals surface area (Å²) >= 11 is 0. The first-order valence-corrected chi connectivity index (χ1v) is 8.18. The van der Waals surface area contributed by atoms with E-state index in [1.165, 1.54) is 43.6 Å². The molecule has 0 aliphatic heterocycles. The van der Waals surface area contributed by atoms with E-state index < -0.39 is 0 Å². The van der Waals surface area contributed by atoms with Crippen LogP contribution in [0.4, 0.5) is 0 Å². The summed E-state index contributed by atoms with van der Waals surface area (Å²) < 4.78 is 0. The smallest absolute Gasteiger partial charge is 0.0708 e. The van der Waals surface area contributed by atoms with Crippen molar-refractivity contribution in [1.82, 2.24) is 0 Å². The molecule has 110 valence electrons. The van der Waals surface area contributed by atoms with Crippen LogP contribution in [0.3, 0.4) is 0 Å². The fraction of sp³-hybridized carbons (Fsp3) is 0.0909. The fourth-order valence-electron chi connectivity index (χ4n) is 3.54. The third kappa shape index (κ3) is 2.43. The molecule has 0 heterocycles. The highest BCUT2D eigenvalue weighted by Gasteiger charge is 2.09. The zero-order valence-corrected chi connectivity index (χ0v) is 13.6. The van der Waals surface area contributed by atoms with E-state index in [1.807, 2.05) is 0 Å². The normalized spacial score (nSPS) is 11.0. The van der Waals surface area contributed by atoms with E-state index in [9.17, 15) is 0 Å². The molecular formula is C22H19B. The Morgan fingerprint density at radius 1 is 0.478 bits per heavy atom. The molecule has 0 unspecified atom stereocenters. The topological polar surface area (TPSA) is 0 Å². The number of hydrogen-bond donors (Lipinski definition) is 0. The van der Waals surface area contributed by atoms with Gasteiger partial charge in [0.2, 0.25) is 0 Å². The molecule has 0 saturated carbocycles. The first-order chi connectivity index (χ1) is 11.2. The second kappa shape index (κ2) is 5.59. The average molecular weight is 294 g/mol. The monoisotopic (exact) mass is 294 g/mol. The molecule has 0 bridgehead atoms. The van der Waals surface area contributed by atoms with Gasteiger partial charge >= 0.3 is 0 Å². The molecule has 1 heteroatoms. The Balaban J connectivity index is 1.89. The predicted octanol–water partition coefficient (Wildman–Crippen LogP) is 4.00. The van der Waals surface area contributed by atoms with Crippen LogP contribution in [0.1, 0.15) is 11.1 Å². The number of aryl methyl sites for hydroxylation is 2. The summed E-state index contributed by atoms with van der Waals surface area (Å²) in [7, 11) is 0.974. The van der Waals surface area contributed by atoms with Crippen LogP contribution in [-0.4, -0.2) is 7.28 Å². The molecule has 4 aromatic rings. The van der Waals surface area contributed by atoms with Crippen LogP contribution in [0.5, 0.6) is 0 Å². The van der Waals surface area contributed by atoms with Crippen LogP contribution in [0.2, 0.25) is 0 Å². The molecule has 0 amide bonds. The Labute approximate surface area is 138 Å². The predicted molar refractivity (Wildman–Crippen MR) is 104 cm³/mol. The van der Waals surface area contributed by atoms with Gasteiger partial charge in [0.25, 0.3) is 0 Å². The Morgan fingerprint density at radius 3 is 1.30 bits per heavy atom. The van der Waals surface area contributed by atoms with Crippen LogP contribution in [0.25, 0.3) is 21.5 Å². The molecule has 0 aliphatic rings. The summed E-state index contributed by atoms with van der Waals surface area (Å²) in [5, 5.41) is 5.47. The molecule has 0 saturated heterocycles. The quantitative estimate of drug-likeness (QED) is 0.490. The Morgan fingerprint density at radius 2 is 0.870 bits per heavy atom. The van der Waals surface area contributed by atoms with Gasteiger partial charge in [-0.3, -0.25) is 0 Å². The third-order valence-electron chi connectivity index (χ3n) is 4.85. The SMILES string of the molecule is Cc1ccc(Bc2ccc(C)c3ccccc23)c2ccccc12. The van der Waals surface area contributed by atoms with Crippen molar-refractivity contribution in [3.8, 4) is 0 Å². The van der Waals surface area contributed by atoms with E-state index >= 15 is 0 Å². The lowest BCUT2D eigenvalue weighted by atomic mass is 9.61. The highest BCUT2D eigenvalue weighted by molar-refractivity contribution is 6.72. The maximum atomic E-state index is 2.28.